The fourth-order valence-electron chi connectivity index (χ4n) is 1.58. The van der Waals surface area contributed by atoms with Crippen LogP contribution in [0.3, 0.4) is 0 Å². The Morgan fingerprint density at radius 3 is 2.68 bits per heavy atom. The average Bonchev–Trinajstić information content (AvgIpc) is 2.38. The van der Waals surface area contributed by atoms with Gasteiger partial charge in [0.05, 0.1) is 0 Å². The van der Waals surface area contributed by atoms with Gasteiger partial charge in [-0.1, -0.05) is 32.9 Å². The third-order valence-corrected chi connectivity index (χ3v) is 2.66. The van der Waals surface area contributed by atoms with E-state index in [-0.39, 0.29) is 17.1 Å². The Hall–Kier alpha value is -2.41. The molecule has 2 rings (SSSR count). The summed E-state index contributed by atoms with van der Waals surface area (Å²) in [7, 11) is 0. The number of nitriles is 1. The predicted molar refractivity (Wildman–Crippen MR) is 72.0 cm³/mol. The summed E-state index contributed by atoms with van der Waals surface area (Å²) < 4.78 is 5.58. The highest BCUT2D eigenvalue weighted by Gasteiger charge is 2.14. The SMILES string of the molecule is CC(C)(C)c1cccc(Oc2nccc(C#N)n2)c1. The molecule has 0 aliphatic rings. The minimum Gasteiger partial charge on any atom is -0.424 e. The lowest BCUT2D eigenvalue weighted by atomic mass is 9.87. The standard InChI is InChI=1S/C15H15N3O/c1-15(2,3)11-5-4-6-13(9-11)19-14-17-8-7-12(10-16)18-14/h4-9H,1-3H3. The van der Waals surface area contributed by atoms with Gasteiger partial charge in [-0.2, -0.15) is 10.2 Å². The van der Waals surface area contributed by atoms with E-state index in [1.165, 1.54) is 11.8 Å². The Kier molecular flexibility index (Phi) is 3.48. The van der Waals surface area contributed by atoms with Crippen molar-refractivity contribution < 1.29 is 4.74 Å². The molecule has 0 atom stereocenters. The smallest absolute Gasteiger partial charge is 0.323 e. The lowest BCUT2D eigenvalue weighted by Crippen LogP contribution is -2.10. The first kappa shape index (κ1) is 13.0. The van der Waals surface area contributed by atoms with Crippen LogP contribution in [0.4, 0.5) is 0 Å². The quantitative estimate of drug-likeness (QED) is 0.822. The van der Waals surface area contributed by atoms with Gasteiger partial charge in [-0.15, -0.1) is 0 Å². The van der Waals surface area contributed by atoms with Crippen LogP contribution >= 0.6 is 0 Å². The molecular weight excluding hydrogens is 238 g/mol. The van der Waals surface area contributed by atoms with E-state index in [2.05, 4.69) is 36.8 Å². The maximum Gasteiger partial charge on any atom is 0.323 e. The number of hydrogen-bond acceptors (Lipinski definition) is 4. The van der Waals surface area contributed by atoms with E-state index >= 15 is 0 Å². The lowest BCUT2D eigenvalue weighted by Gasteiger charge is -2.19. The van der Waals surface area contributed by atoms with Crippen molar-refractivity contribution in [3.8, 4) is 17.8 Å². The van der Waals surface area contributed by atoms with Gasteiger partial charge >= 0.3 is 6.01 Å². The zero-order chi connectivity index (χ0) is 13.9. The normalized spacial score (nSPS) is 10.8. The Bertz CT molecular complexity index is 624. The van der Waals surface area contributed by atoms with Crippen LogP contribution in [0, 0.1) is 11.3 Å². The number of rotatable bonds is 2. The summed E-state index contributed by atoms with van der Waals surface area (Å²) in [6.45, 7) is 6.41. The van der Waals surface area contributed by atoms with Crippen molar-refractivity contribution in [2.24, 2.45) is 0 Å². The number of benzene rings is 1. The zero-order valence-corrected chi connectivity index (χ0v) is 11.2. The molecule has 0 fully saturated rings. The number of hydrogen-bond donors (Lipinski definition) is 0. The van der Waals surface area contributed by atoms with Crippen molar-refractivity contribution in [2.45, 2.75) is 26.2 Å². The second-order valence-electron chi connectivity index (χ2n) is 5.22. The van der Waals surface area contributed by atoms with Gasteiger partial charge in [-0.3, -0.25) is 0 Å². The van der Waals surface area contributed by atoms with Gasteiger partial charge in [-0.05, 0) is 29.2 Å². The van der Waals surface area contributed by atoms with Crippen molar-refractivity contribution in [3.05, 3.63) is 47.8 Å². The summed E-state index contributed by atoms with van der Waals surface area (Å²) in [4.78, 5) is 7.97. The molecule has 0 aliphatic carbocycles. The molecule has 4 nitrogen and oxygen atoms in total. The van der Waals surface area contributed by atoms with Gasteiger partial charge in [0.25, 0.3) is 0 Å². The number of ether oxygens (including phenoxy) is 1. The first-order valence-corrected chi connectivity index (χ1v) is 6.00. The summed E-state index contributed by atoms with van der Waals surface area (Å²) in [5.41, 5.74) is 1.51. The maximum absolute atomic E-state index is 8.78. The Morgan fingerprint density at radius 1 is 1.21 bits per heavy atom. The molecule has 4 heteroatoms. The highest BCUT2D eigenvalue weighted by Crippen LogP contribution is 2.27. The van der Waals surface area contributed by atoms with E-state index in [0.29, 0.717) is 5.75 Å². The van der Waals surface area contributed by atoms with Gasteiger partial charge in [0.1, 0.15) is 17.5 Å². The predicted octanol–water partition coefficient (Wildman–Crippen LogP) is 3.44. The fourth-order valence-corrected chi connectivity index (χ4v) is 1.58. The zero-order valence-electron chi connectivity index (χ0n) is 11.2. The van der Waals surface area contributed by atoms with Crippen LogP contribution in [0.1, 0.15) is 32.0 Å². The molecule has 19 heavy (non-hydrogen) atoms. The molecule has 0 unspecified atom stereocenters. The summed E-state index contributed by atoms with van der Waals surface area (Å²) >= 11 is 0. The molecule has 0 radical (unpaired) electrons. The molecule has 0 N–H and O–H groups in total. The van der Waals surface area contributed by atoms with Crippen molar-refractivity contribution >= 4 is 0 Å². The van der Waals surface area contributed by atoms with Crippen molar-refractivity contribution in [2.75, 3.05) is 0 Å². The van der Waals surface area contributed by atoms with Crippen LogP contribution in [0.5, 0.6) is 11.8 Å². The summed E-state index contributed by atoms with van der Waals surface area (Å²) in [5, 5.41) is 8.78. The Labute approximate surface area is 112 Å². The molecular formula is C15H15N3O. The Morgan fingerprint density at radius 2 is 2.00 bits per heavy atom. The largest absolute Gasteiger partial charge is 0.424 e. The highest BCUT2D eigenvalue weighted by molar-refractivity contribution is 5.34. The van der Waals surface area contributed by atoms with Gasteiger partial charge < -0.3 is 4.74 Å². The van der Waals surface area contributed by atoms with Gasteiger partial charge in [0.15, 0.2) is 0 Å². The van der Waals surface area contributed by atoms with E-state index in [1.54, 1.807) is 6.07 Å². The summed E-state index contributed by atoms with van der Waals surface area (Å²) in [6, 6.07) is 11.5. The van der Waals surface area contributed by atoms with Crippen molar-refractivity contribution in [1.29, 1.82) is 5.26 Å². The van der Waals surface area contributed by atoms with Crippen molar-refractivity contribution in [1.82, 2.24) is 9.97 Å². The molecule has 2 aromatic rings. The molecule has 0 bridgehead atoms. The molecule has 0 spiro atoms. The third kappa shape index (κ3) is 3.29. The van der Waals surface area contributed by atoms with Crippen LogP contribution in [0.25, 0.3) is 0 Å². The van der Waals surface area contributed by atoms with Gasteiger partial charge in [0.2, 0.25) is 0 Å². The first-order chi connectivity index (χ1) is 8.99. The lowest BCUT2D eigenvalue weighted by molar-refractivity contribution is 0.438. The van der Waals surface area contributed by atoms with Crippen LogP contribution in [-0.2, 0) is 5.41 Å². The molecule has 1 aromatic carbocycles. The molecule has 1 heterocycles. The minimum absolute atomic E-state index is 0.0503. The molecule has 96 valence electrons. The minimum atomic E-state index is 0.0503. The van der Waals surface area contributed by atoms with E-state index in [9.17, 15) is 0 Å². The second kappa shape index (κ2) is 5.07. The molecule has 0 amide bonds. The van der Waals surface area contributed by atoms with Crippen LogP contribution in [0.15, 0.2) is 36.5 Å². The monoisotopic (exact) mass is 253 g/mol. The molecule has 0 saturated carbocycles. The first-order valence-electron chi connectivity index (χ1n) is 6.00. The molecule has 0 saturated heterocycles. The molecule has 0 aliphatic heterocycles. The Balaban J connectivity index is 2.26. The van der Waals surface area contributed by atoms with Crippen molar-refractivity contribution in [3.63, 3.8) is 0 Å². The van der Waals surface area contributed by atoms with Crippen LogP contribution in [0.2, 0.25) is 0 Å². The number of aromatic nitrogens is 2. The fraction of sp³-hybridized carbons (Fsp3) is 0.267. The van der Waals surface area contributed by atoms with E-state index in [1.807, 2.05) is 24.3 Å². The summed E-state index contributed by atoms with van der Waals surface area (Å²) in [5.74, 6) is 0.669. The van der Waals surface area contributed by atoms with E-state index < -0.39 is 0 Å². The average molecular weight is 253 g/mol. The van der Waals surface area contributed by atoms with E-state index in [0.717, 1.165) is 0 Å². The summed E-state index contributed by atoms with van der Waals surface area (Å²) in [6.07, 6.45) is 1.51. The van der Waals surface area contributed by atoms with Crippen LogP contribution in [-0.4, -0.2) is 9.97 Å². The van der Waals surface area contributed by atoms with E-state index in [4.69, 9.17) is 10.00 Å². The van der Waals surface area contributed by atoms with Gasteiger partial charge in [-0.25, -0.2) is 4.98 Å². The number of nitrogens with zero attached hydrogens (tertiary/aromatic N) is 3. The van der Waals surface area contributed by atoms with Gasteiger partial charge in [0, 0.05) is 6.20 Å². The third-order valence-electron chi connectivity index (χ3n) is 2.66. The molecule has 1 aromatic heterocycles. The topological polar surface area (TPSA) is 58.8 Å². The maximum atomic E-state index is 8.78. The second-order valence-corrected chi connectivity index (χ2v) is 5.22. The van der Waals surface area contributed by atoms with Crippen LogP contribution < -0.4 is 4.74 Å². The highest BCUT2D eigenvalue weighted by atomic mass is 16.5.